The van der Waals surface area contributed by atoms with E-state index in [1.807, 2.05) is 28.1 Å². The van der Waals surface area contributed by atoms with Crippen molar-refractivity contribution in [1.29, 1.82) is 0 Å². The highest BCUT2D eigenvalue weighted by atomic mass is 32.1. The van der Waals surface area contributed by atoms with E-state index in [1.54, 1.807) is 6.20 Å². The lowest BCUT2D eigenvalue weighted by Crippen LogP contribution is -2.39. The van der Waals surface area contributed by atoms with Crippen molar-refractivity contribution in [2.24, 2.45) is 5.92 Å². The van der Waals surface area contributed by atoms with Gasteiger partial charge in [-0.05, 0) is 44.2 Å². The standard InChI is InChI=1S/C20H21N5O3S/c26-15-3-1-2-13(15)21-19(28)20-22-14(10-29-20)12-6-7-17-23-16(9-25(17)8-12)24-18(27)11-4-5-11/h6-11,13,15,26H,1-5H2,(H,21,28)(H,24,27)/t13?,15-/m1/s1. The van der Waals surface area contributed by atoms with Crippen molar-refractivity contribution in [3.8, 4) is 11.3 Å². The molecule has 2 saturated carbocycles. The summed E-state index contributed by atoms with van der Waals surface area (Å²) < 4.78 is 1.84. The van der Waals surface area contributed by atoms with E-state index in [1.165, 1.54) is 11.3 Å². The Balaban J connectivity index is 1.32. The minimum Gasteiger partial charge on any atom is -0.391 e. The molecule has 29 heavy (non-hydrogen) atoms. The lowest BCUT2D eigenvalue weighted by molar-refractivity contribution is -0.117. The molecule has 3 aromatic heterocycles. The summed E-state index contributed by atoms with van der Waals surface area (Å²) in [6, 6.07) is 3.56. The van der Waals surface area contributed by atoms with Gasteiger partial charge in [0, 0.05) is 23.1 Å². The van der Waals surface area contributed by atoms with Crippen LogP contribution in [0.3, 0.4) is 0 Å². The zero-order valence-corrected chi connectivity index (χ0v) is 16.5. The van der Waals surface area contributed by atoms with E-state index in [4.69, 9.17) is 0 Å². The van der Waals surface area contributed by atoms with Gasteiger partial charge < -0.3 is 20.1 Å². The number of rotatable bonds is 5. The summed E-state index contributed by atoms with van der Waals surface area (Å²) in [5.74, 6) is 0.435. The molecule has 3 N–H and O–H groups in total. The fraction of sp³-hybridized carbons (Fsp3) is 0.400. The first-order valence-electron chi connectivity index (χ1n) is 9.81. The van der Waals surface area contributed by atoms with Gasteiger partial charge in [0.2, 0.25) is 5.91 Å². The van der Waals surface area contributed by atoms with Crippen LogP contribution in [0.5, 0.6) is 0 Å². The number of pyridine rings is 1. The van der Waals surface area contributed by atoms with Crippen LogP contribution < -0.4 is 10.6 Å². The van der Waals surface area contributed by atoms with Crippen LogP contribution in [-0.4, -0.2) is 43.4 Å². The fourth-order valence-corrected chi connectivity index (χ4v) is 4.36. The highest BCUT2D eigenvalue weighted by Gasteiger charge is 2.30. The Labute approximate surface area is 171 Å². The van der Waals surface area contributed by atoms with E-state index in [0.717, 1.165) is 43.3 Å². The van der Waals surface area contributed by atoms with Gasteiger partial charge in [0.25, 0.3) is 5.91 Å². The number of imidazole rings is 1. The fourth-order valence-electron chi connectivity index (χ4n) is 3.63. The second-order valence-electron chi connectivity index (χ2n) is 7.69. The van der Waals surface area contributed by atoms with Gasteiger partial charge in [-0.15, -0.1) is 11.3 Å². The maximum Gasteiger partial charge on any atom is 0.280 e. The predicted molar refractivity (Wildman–Crippen MR) is 109 cm³/mol. The number of carbonyl (C=O) groups excluding carboxylic acids is 2. The zero-order valence-electron chi connectivity index (χ0n) is 15.7. The SMILES string of the molecule is O=C(NC1CCC[C@H]1O)c1nc(-c2ccc3nc(NC(=O)C4CC4)cn3c2)cs1. The van der Waals surface area contributed by atoms with E-state index < -0.39 is 6.10 Å². The molecule has 8 nitrogen and oxygen atoms in total. The van der Waals surface area contributed by atoms with Crippen molar-refractivity contribution >= 4 is 34.6 Å². The van der Waals surface area contributed by atoms with Crippen molar-refractivity contribution in [3.63, 3.8) is 0 Å². The molecule has 0 aliphatic heterocycles. The first kappa shape index (κ1) is 18.3. The molecule has 150 valence electrons. The molecule has 0 bridgehead atoms. The Morgan fingerprint density at radius 1 is 1.14 bits per heavy atom. The number of nitrogens with zero attached hydrogens (tertiary/aromatic N) is 3. The maximum atomic E-state index is 12.4. The second-order valence-corrected chi connectivity index (χ2v) is 8.55. The number of hydrogen-bond donors (Lipinski definition) is 3. The largest absolute Gasteiger partial charge is 0.391 e. The summed E-state index contributed by atoms with van der Waals surface area (Å²) in [6.45, 7) is 0. The number of carbonyl (C=O) groups is 2. The van der Waals surface area contributed by atoms with Gasteiger partial charge in [-0.2, -0.15) is 0 Å². The number of fused-ring (bicyclic) bond motifs is 1. The van der Waals surface area contributed by atoms with Crippen molar-refractivity contribution in [2.45, 2.75) is 44.2 Å². The summed E-state index contributed by atoms with van der Waals surface area (Å²) in [7, 11) is 0. The molecular formula is C20H21N5O3S. The van der Waals surface area contributed by atoms with E-state index in [2.05, 4.69) is 20.6 Å². The molecule has 1 unspecified atom stereocenters. The normalized spacial score (nSPS) is 21.4. The summed E-state index contributed by atoms with van der Waals surface area (Å²) in [6.07, 6.45) is 7.52. The highest BCUT2D eigenvalue weighted by molar-refractivity contribution is 7.12. The lowest BCUT2D eigenvalue weighted by atomic mass is 10.2. The average molecular weight is 411 g/mol. The quantitative estimate of drug-likeness (QED) is 0.598. The number of thiazole rings is 1. The lowest BCUT2D eigenvalue weighted by Gasteiger charge is -2.15. The average Bonchev–Trinajstić information content (AvgIpc) is 3.10. The van der Waals surface area contributed by atoms with Crippen LogP contribution in [0.4, 0.5) is 5.82 Å². The van der Waals surface area contributed by atoms with Crippen molar-refractivity contribution in [2.75, 3.05) is 5.32 Å². The minimum atomic E-state index is -0.475. The van der Waals surface area contributed by atoms with Crippen molar-refractivity contribution in [3.05, 3.63) is 34.9 Å². The van der Waals surface area contributed by atoms with Gasteiger partial charge in [0.05, 0.1) is 24.0 Å². The third-order valence-corrected chi connectivity index (χ3v) is 6.28. The van der Waals surface area contributed by atoms with E-state index in [0.29, 0.717) is 16.5 Å². The zero-order chi connectivity index (χ0) is 20.0. The van der Waals surface area contributed by atoms with Gasteiger partial charge in [-0.25, -0.2) is 9.97 Å². The molecule has 2 fully saturated rings. The Morgan fingerprint density at radius 3 is 2.76 bits per heavy atom. The van der Waals surface area contributed by atoms with Crippen LogP contribution in [0, 0.1) is 5.92 Å². The van der Waals surface area contributed by atoms with Gasteiger partial charge in [-0.1, -0.05) is 0 Å². The Bertz CT molecular complexity index is 1090. The highest BCUT2D eigenvalue weighted by Crippen LogP contribution is 2.30. The van der Waals surface area contributed by atoms with Gasteiger partial charge in [0.15, 0.2) is 10.8 Å². The molecule has 5 rings (SSSR count). The molecule has 3 heterocycles. The van der Waals surface area contributed by atoms with Crippen LogP contribution in [0.2, 0.25) is 0 Å². The van der Waals surface area contributed by atoms with Crippen LogP contribution >= 0.6 is 11.3 Å². The number of anilines is 1. The summed E-state index contributed by atoms with van der Waals surface area (Å²) in [5.41, 5.74) is 2.28. The Kier molecular flexibility index (Phi) is 4.56. The molecule has 0 radical (unpaired) electrons. The maximum absolute atomic E-state index is 12.4. The first-order chi connectivity index (χ1) is 14.1. The van der Waals surface area contributed by atoms with E-state index in [-0.39, 0.29) is 23.8 Å². The van der Waals surface area contributed by atoms with Crippen molar-refractivity contribution in [1.82, 2.24) is 19.7 Å². The van der Waals surface area contributed by atoms with E-state index >= 15 is 0 Å². The van der Waals surface area contributed by atoms with Crippen LogP contribution in [-0.2, 0) is 4.79 Å². The molecule has 0 saturated heterocycles. The van der Waals surface area contributed by atoms with Gasteiger partial charge in [-0.3, -0.25) is 9.59 Å². The summed E-state index contributed by atoms with van der Waals surface area (Å²) >= 11 is 1.28. The number of nitrogens with one attached hydrogen (secondary N) is 2. The van der Waals surface area contributed by atoms with Crippen LogP contribution in [0.15, 0.2) is 29.9 Å². The Morgan fingerprint density at radius 2 is 2.00 bits per heavy atom. The number of aliphatic hydroxyl groups excluding tert-OH is 1. The molecule has 0 spiro atoms. The summed E-state index contributed by atoms with van der Waals surface area (Å²) in [5, 5.41) is 17.8. The molecule has 2 aliphatic rings. The van der Waals surface area contributed by atoms with Gasteiger partial charge >= 0.3 is 0 Å². The van der Waals surface area contributed by atoms with Crippen LogP contribution in [0.1, 0.15) is 41.9 Å². The first-order valence-corrected chi connectivity index (χ1v) is 10.7. The molecular weight excluding hydrogens is 390 g/mol. The second kappa shape index (κ2) is 7.23. The molecule has 2 amide bonds. The molecule has 0 aromatic carbocycles. The molecule has 2 atom stereocenters. The third kappa shape index (κ3) is 3.75. The molecule has 2 aliphatic carbocycles. The predicted octanol–water partition coefficient (Wildman–Crippen LogP) is 2.45. The Hall–Kier alpha value is -2.78. The number of amides is 2. The third-order valence-electron chi connectivity index (χ3n) is 5.44. The van der Waals surface area contributed by atoms with Crippen molar-refractivity contribution < 1.29 is 14.7 Å². The minimum absolute atomic E-state index is 0.0242. The van der Waals surface area contributed by atoms with Crippen LogP contribution in [0.25, 0.3) is 16.9 Å². The molecule has 9 heteroatoms. The number of hydrogen-bond acceptors (Lipinski definition) is 6. The summed E-state index contributed by atoms with van der Waals surface area (Å²) in [4.78, 5) is 33.3. The smallest absolute Gasteiger partial charge is 0.280 e. The number of aromatic nitrogens is 3. The number of aliphatic hydroxyl groups is 1. The molecule has 3 aromatic rings. The monoisotopic (exact) mass is 411 g/mol. The topological polar surface area (TPSA) is 109 Å². The van der Waals surface area contributed by atoms with E-state index in [9.17, 15) is 14.7 Å². The van der Waals surface area contributed by atoms with Gasteiger partial charge in [0.1, 0.15) is 5.65 Å².